The summed E-state index contributed by atoms with van der Waals surface area (Å²) in [6, 6.07) is 1.76. The van der Waals surface area contributed by atoms with Crippen LogP contribution in [0.3, 0.4) is 0 Å². The first kappa shape index (κ1) is 15.1. The van der Waals surface area contributed by atoms with E-state index >= 15 is 0 Å². The van der Waals surface area contributed by atoms with Crippen molar-refractivity contribution in [3.63, 3.8) is 0 Å². The van der Waals surface area contributed by atoms with Crippen molar-refractivity contribution in [2.45, 2.75) is 31.0 Å². The Bertz CT molecular complexity index is 679. The summed E-state index contributed by atoms with van der Waals surface area (Å²) in [5, 5.41) is 14.8. The fourth-order valence-electron chi connectivity index (χ4n) is 1.62. The number of aryl methyl sites for hydroxylation is 2. The van der Waals surface area contributed by atoms with Gasteiger partial charge in [-0.25, -0.2) is 15.0 Å². The van der Waals surface area contributed by atoms with Gasteiger partial charge in [0.2, 0.25) is 5.95 Å². The highest BCUT2D eigenvalue weighted by Crippen LogP contribution is 2.33. The van der Waals surface area contributed by atoms with Gasteiger partial charge in [-0.05, 0) is 38.6 Å². The van der Waals surface area contributed by atoms with E-state index in [1.165, 1.54) is 0 Å². The summed E-state index contributed by atoms with van der Waals surface area (Å²) >= 11 is 1.06. The number of hydrogen-bond donors (Lipinski definition) is 1. The van der Waals surface area contributed by atoms with Crippen LogP contribution in [0, 0.1) is 24.0 Å². The van der Waals surface area contributed by atoms with Crippen LogP contribution in [-0.4, -0.2) is 31.4 Å². The number of nitrogens with zero attached hydrogens (tertiary/aromatic N) is 5. The molecule has 0 atom stereocenters. The predicted molar refractivity (Wildman–Crippen MR) is 78.5 cm³/mol. The lowest BCUT2D eigenvalue weighted by Crippen LogP contribution is -2.07. The molecule has 1 N–H and O–H groups in total. The van der Waals surface area contributed by atoms with E-state index in [9.17, 15) is 10.1 Å². The third-order valence-electron chi connectivity index (χ3n) is 2.50. The minimum atomic E-state index is -0.483. The number of hydrogen-bond acceptors (Lipinski definition) is 8. The number of rotatable bonds is 5. The molecule has 0 amide bonds. The molecule has 0 bridgehead atoms. The lowest BCUT2D eigenvalue weighted by Gasteiger charge is -2.07. The fraction of sp³-hybridized carbons (Fsp3) is 0.333. The maximum Gasteiger partial charge on any atom is 0.322 e. The Balaban J connectivity index is 2.46. The molecule has 0 saturated carbocycles. The molecule has 2 aromatic heterocycles. The zero-order valence-electron chi connectivity index (χ0n) is 11.8. The van der Waals surface area contributed by atoms with Crippen molar-refractivity contribution in [3.8, 4) is 0 Å². The van der Waals surface area contributed by atoms with Crippen molar-refractivity contribution in [1.82, 2.24) is 19.9 Å². The first-order valence-corrected chi connectivity index (χ1v) is 7.07. The Morgan fingerprint density at radius 2 is 2.10 bits per heavy atom. The number of anilines is 1. The van der Waals surface area contributed by atoms with Gasteiger partial charge in [0.1, 0.15) is 5.69 Å². The monoisotopic (exact) mass is 306 g/mol. The van der Waals surface area contributed by atoms with Crippen molar-refractivity contribution in [1.29, 1.82) is 0 Å². The van der Waals surface area contributed by atoms with E-state index in [4.69, 9.17) is 0 Å². The molecular weight excluding hydrogens is 292 g/mol. The molecule has 0 aliphatic carbocycles. The quantitative estimate of drug-likeness (QED) is 0.388. The van der Waals surface area contributed by atoms with Crippen LogP contribution in [-0.2, 0) is 0 Å². The minimum Gasteiger partial charge on any atom is -0.354 e. The second-order valence-electron chi connectivity index (χ2n) is 4.16. The van der Waals surface area contributed by atoms with E-state index in [0.29, 0.717) is 23.3 Å². The van der Waals surface area contributed by atoms with Crippen molar-refractivity contribution < 1.29 is 4.92 Å². The van der Waals surface area contributed by atoms with Crippen LogP contribution in [0.5, 0.6) is 0 Å². The molecule has 9 heteroatoms. The summed E-state index contributed by atoms with van der Waals surface area (Å²) in [5.41, 5.74) is 0.973. The van der Waals surface area contributed by atoms with Crippen LogP contribution in [0.25, 0.3) is 0 Å². The predicted octanol–water partition coefficient (Wildman–Crippen LogP) is 2.37. The molecule has 0 aliphatic heterocycles. The van der Waals surface area contributed by atoms with Crippen LogP contribution >= 0.6 is 11.8 Å². The molecule has 0 fully saturated rings. The number of aromatic nitrogens is 4. The Kier molecular flexibility index (Phi) is 4.63. The van der Waals surface area contributed by atoms with E-state index < -0.39 is 4.92 Å². The van der Waals surface area contributed by atoms with Crippen LogP contribution in [0.4, 0.5) is 11.6 Å². The maximum atomic E-state index is 11.2. The first-order valence-electron chi connectivity index (χ1n) is 6.25. The van der Waals surface area contributed by atoms with Gasteiger partial charge in [-0.3, -0.25) is 10.1 Å². The van der Waals surface area contributed by atoms with Gasteiger partial charge in [-0.15, -0.1) is 0 Å². The van der Waals surface area contributed by atoms with Crippen molar-refractivity contribution in [3.05, 3.63) is 33.8 Å². The van der Waals surface area contributed by atoms with E-state index in [0.717, 1.165) is 17.5 Å². The zero-order chi connectivity index (χ0) is 15.4. The summed E-state index contributed by atoms with van der Waals surface area (Å²) in [7, 11) is 0. The molecule has 2 heterocycles. The SMILES string of the molecule is CCNc1nc(C)c([N+](=O)[O-])c(Sc2nccc(C)n2)n1. The van der Waals surface area contributed by atoms with Gasteiger partial charge in [0.05, 0.1) is 4.92 Å². The topological polar surface area (TPSA) is 107 Å². The molecule has 110 valence electrons. The Hall–Kier alpha value is -2.29. The molecule has 0 saturated heterocycles. The molecule has 21 heavy (non-hydrogen) atoms. The summed E-state index contributed by atoms with van der Waals surface area (Å²) in [4.78, 5) is 27.3. The number of nitrogens with one attached hydrogen (secondary N) is 1. The third kappa shape index (κ3) is 3.63. The molecule has 2 aromatic rings. The van der Waals surface area contributed by atoms with Crippen LogP contribution < -0.4 is 5.32 Å². The van der Waals surface area contributed by atoms with E-state index in [-0.39, 0.29) is 10.7 Å². The molecule has 0 aromatic carbocycles. The van der Waals surface area contributed by atoms with Crippen molar-refractivity contribution >= 4 is 23.4 Å². The second-order valence-corrected chi connectivity index (χ2v) is 5.11. The van der Waals surface area contributed by atoms with Gasteiger partial charge < -0.3 is 5.32 Å². The highest BCUT2D eigenvalue weighted by molar-refractivity contribution is 7.99. The van der Waals surface area contributed by atoms with Gasteiger partial charge in [-0.1, -0.05) is 0 Å². The van der Waals surface area contributed by atoms with E-state index in [1.807, 2.05) is 13.8 Å². The molecule has 2 rings (SSSR count). The summed E-state index contributed by atoms with van der Waals surface area (Å²) in [5.74, 6) is 0.357. The largest absolute Gasteiger partial charge is 0.354 e. The zero-order valence-corrected chi connectivity index (χ0v) is 12.6. The number of nitro groups is 1. The van der Waals surface area contributed by atoms with Gasteiger partial charge in [-0.2, -0.15) is 4.98 Å². The fourth-order valence-corrected chi connectivity index (χ4v) is 2.55. The highest BCUT2D eigenvalue weighted by atomic mass is 32.2. The van der Waals surface area contributed by atoms with Crippen molar-refractivity contribution in [2.24, 2.45) is 0 Å². The molecule has 0 aliphatic rings. The van der Waals surface area contributed by atoms with Gasteiger partial charge >= 0.3 is 5.69 Å². The minimum absolute atomic E-state index is 0.119. The molecular formula is C12H14N6O2S. The average Bonchev–Trinajstić information content (AvgIpc) is 2.38. The Morgan fingerprint density at radius 1 is 1.33 bits per heavy atom. The second kappa shape index (κ2) is 6.44. The Labute approximate surface area is 125 Å². The van der Waals surface area contributed by atoms with E-state index in [1.54, 1.807) is 19.2 Å². The summed E-state index contributed by atoms with van der Waals surface area (Å²) < 4.78 is 0. The van der Waals surface area contributed by atoms with Gasteiger partial charge in [0, 0.05) is 18.4 Å². The van der Waals surface area contributed by atoms with Crippen LogP contribution in [0.2, 0.25) is 0 Å². The maximum absolute atomic E-state index is 11.2. The molecule has 0 unspecified atom stereocenters. The smallest absolute Gasteiger partial charge is 0.322 e. The van der Waals surface area contributed by atoms with Crippen LogP contribution in [0.15, 0.2) is 22.4 Å². The van der Waals surface area contributed by atoms with Gasteiger partial charge in [0.25, 0.3) is 0 Å². The highest BCUT2D eigenvalue weighted by Gasteiger charge is 2.23. The summed E-state index contributed by atoms with van der Waals surface area (Å²) in [6.45, 7) is 5.94. The Morgan fingerprint density at radius 3 is 2.71 bits per heavy atom. The first-order chi connectivity index (χ1) is 10.0. The lowest BCUT2D eigenvalue weighted by atomic mass is 10.4. The average molecular weight is 306 g/mol. The van der Waals surface area contributed by atoms with Crippen molar-refractivity contribution in [2.75, 3.05) is 11.9 Å². The standard InChI is InChI=1S/C12H14N6O2S/c1-4-13-11-16-8(3)9(18(19)20)10(17-11)21-12-14-6-5-7(2)15-12/h5-6H,4H2,1-3H3,(H,13,16,17). The molecule has 0 radical (unpaired) electrons. The lowest BCUT2D eigenvalue weighted by molar-refractivity contribution is -0.389. The molecule has 0 spiro atoms. The third-order valence-corrected chi connectivity index (χ3v) is 3.36. The summed E-state index contributed by atoms with van der Waals surface area (Å²) in [6.07, 6.45) is 1.61. The van der Waals surface area contributed by atoms with E-state index in [2.05, 4.69) is 25.3 Å². The molecule has 8 nitrogen and oxygen atoms in total. The van der Waals surface area contributed by atoms with Gasteiger partial charge in [0.15, 0.2) is 10.2 Å². The normalized spacial score (nSPS) is 10.4. The van der Waals surface area contributed by atoms with Crippen LogP contribution in [0.1, 0.15) is 18.3 Å².